The zero-order chi connectivity index (χ0) is 21.5. The van der Waals surface area contributed by atoms with Crippen LogP contribution in [0.1, 0.15) is 28.3 Å². The van der Waals surface area contributed by atoms with E-state index in [1.165, 1.54) is 24.4 Å². The Morgan fingerprint density at radius 2 is 1.57 bits per heavy atom. The van der Waals surface area contributed by atoms with Crippen molar-refractivity contribution in [2.45, 2.75) is 18.6 Å². The van der Waals surface area contributed by atoms with Crippen molar-refractivity contribution >= 4 is 10.9 Å². The Balaban J connectivity index is 1.96. The minimum Gasteiger partial charge on any atom is -0.506 e. The number of rotatable bonds is 3. The Bertz CT molecular complexity index is 1230. The lowest BCUT2D eigenvalue weighted by molar-refractivity contribution is -0.137. The molecule has 8 heteroatoms. The third kappa shape index (κ3) is 3.35. The minimum absolute atomic E-state index is 0.0331. The predicted molar refractivity (Wildman–Crippen MR) is 106 cm³/mol. The first-order chi connectivity index (χ1) is 14.2. The number of para-hydroxylation sites is 1. The van der Waals surface area contributed by atoms with Crippen molar-refractivity contribution < 1.29 is 18.3 Å². The summed E-state index contributed by atoms with van der Waals surface area (Å²) in [5.74, 6) is 0.152. The number of hydrogen-bond donors (Lipinski definition) is 2. The number of halogens is 3. The van der Waals surface area contributed by atoms with Gasteiger partial charge in [-0.2, -0.15) is 13.2 Å². The van der Waals surface area contributed by atoms with Crippen LogP contribution < -0.4 is 5.73 Å². The Morgan fingerprint density at radius 3 is 2.23 bits per heavy atom. The molecule has 2 aromatic heterocycles. The molecule has 0 aliphatic rings. The predicted octanol–water partition coefficient (Wildman–Crippen LogP) is 4.31. The molecule has 30 heavy (non-hydrogen) atoms. The van der Waals surface area contributed by atoms with E-state index in [0.717, 1.165) is 12.1 Å². The van der Waals surface area contributed by atoms with Crippen molar-refractivity contribution in [3.05, 3.63) is 95.2 Å². The highest BCUT2D eigenvalue weighted by atomic mass is 19.4. The summed E-state index contributed by atoms with van der Waals surface area (Å²) in [6.07, 6.45) is -2.94. The molecule has 2 heterocycles. The second-order valence-corrected chi connectivity index (χ2v) is 6.95. The van der Waals surface area contributed by atoms with E-state index in [0.29, 0.717) is 27.9 Å². The van der Waals surface area contributed by atoms with E-state index in [4.69, 9.17) is 5.73 Å². The summed E-state index contributed by atoms with van der Waals surface area (Å²) < 4.78 is 39.1. The molecule has 0 radical (unpaired) electrons. The number of aromatic nitrogens is 3. The van der Waals surface area contributed by atoms with E-state index in [2.05, 4.69) is 15.0 Å². The largest absolute Gasteiger partial charge is 0.506 e. The Hall–Kier alpha value is -3.52. The molecule has 0 saturated carbocycles. The summed E-state index contributed by atoms with van der Waals surface area (Å²) in [5, 5.41) is 10.9. The Kier molecular flexibility index (Phi) is 4.66. The molecule has 3 N–H and O–H groups in total. The van der Waals surface area contributed by atoms with Crippen LogP contribution in [0.15, 0.2) is 66.9 Å². The van der Waals surface area contributed by atoms with E-state index in [1.807, 2.05) is 0 Å². The maximum absolute atomic E-state index is 13.0. The van der Waals surface area contributed by atoms with Gasteiger partial charge in [0.05, 0.1) is 11.3 Å². The highest BCUT2D eigenvalue weighted by molar-refractivity contribution is 5.84. The standard InChI is InChI=1S/C22H17F3N4O/c1-13-11-12-27-20(28-13)21(26,15-6-8-16(9-7-15)22(23,24)25)18-10-5-14-3-2-4-17(30)19(14)29-18/h2-12,30H,26H2,1H3/t21-/m1/s1. The molecule has 5 nitrogen and oxygen atoms in total. The molecule has 152 valence electrons. The van der Waals surface area contributed by atoms with Crippen LogP contribution in [0, 0.1) is 6.92 Å². The number of aryl methyl sites for hydroxylation is 1. The molecular formula is C22H17F3N4O. The van der Waals surface area contributed by atoms with E-state index in [1.54, 1.807) is 37.3 Å². The molecule has 0 saturated heterocycles. The van der Waals surface area contributed by atoms with E-state index < -0.39 is 17.3 Å². The average molecular weight is 410 g/mol. The van der Waals surface area contributed by atoms with Crippen LogP contribution in [0.25, 0.3) is 10.9 Å². The van der Waals surface area contributed by atoms with Gasteiger partial charge in [0.2, 0.25) is 0 Å². The second-order valence-electron chi connectivity index (χ2n) is 6.95. The number of phenols is 1. The number of pyridine rings is 1. The van der Waals surface area contributed by atoms with Gasteiger partial charge in [-0.1, -0.05) is 30.3 Å². The molecular weight excluding hydrogens is 393 g/mol. The summed E-state index contributed by atoms with van der Waals surface area (Å²) in [6.45, 7) is 1.76. The summed E-state index contributed by atoms with van der Waals surface area (Å²) in [5.41, 5.74) is 6.05. The van der Waals surface area contributed by atoms with Crippen LogP contribution in [-0.2, 0) is 11.7 Å². The van der Waals surface area contributed by atoms with E-state index >= 15 is 0 Å². The van der Waals surface area contributed by atoms with Crippen LogP contribution in [-0.4, -0.2) is 20.1 Å². The normalized spacial score (nSPS) is 13.9. The van der Waals surface area contributed by atoms with Crippen molar-refractivity contribution in [2.24, 2.45) is 5.73 Å². The number of fused-ring (bicyclic) bond motifs is 1. The van der Waals surface area contributed by atoms with Crippen molar-refractivity contribution in [3.63, 3.8) is 0 Å². The molecule has 0 amide bonds. The molecule has 4 rings (SSSR count). The zero-order valence-corrected chi connectivity index (χ0v) is 15.9. The molecule has 1 atom stereocenters. The average Bonchev–Trinajstić information content (AvgIpc) is 2.73. The van der Waals surface area contributed by atoms with Gasteiger partial charge in [0.25, 0.3) is 0 Å². The van der Waals surface area contributed by atoms with Crippen molar-refractivity contribution in [2.75, 3.05) is 0 Å². The van der Waals surface area contributed by atoms with Crippen LogP contribution >= 0.6 is 0 Å². The maximum atomic E-state index is 13.0. The first-order valence-corrected chi connectivity index (χ1v) is 9.05. The number of nitrogens with two attached hydrogens (primary N) is 1. The lowest BCUT2D eigenvalue weighted by Gasteiger charge is -2.29. The SMILES string of the molecule is Cc1ccnc([C@@](N)(c2ccc(C(F)(F)F)cc2)c2ccc3cccc(O)c3n2)n1. The quantitative estimate of drug-likeness (QED) is 0.526. The fourth-order valence-corrected chi connectivity index (χ4v) is 3.30. The smallest absolute Gasteiger partial charge is 0.416 e. The molecule has 2 aromatic carbocycles. The maximum Gasteiger partial charge on any atom is 0.416 e. The van der Waals surface area contributed by atoms with E-state index in [9.17, 15) is 18.3 Å². The van der Waals surface area contributed by atoms with Gasteiger partial charge in [-0.25, -0.2) is 15.0 Å². The number of aromatic hydroxyl groups is 1. The number of alkyl halides is 3. The fraction of sp³-hybridized carbons (Fsp3) is 0.136. The van der Waals surface area contributed by atoms with Crippen LogP contribution in [0.5, 0.6) is 5.75 Å². The monoisotopic (exact) mass is 410 g/mol. The molecule has 0 bridgehead atoms. The molecule has 0 aliphatic heterocycles. The summed E-state index contributed by atoms with van der Waals surface area (Å²) in [4.78, 5) is 13.2. The number of hydrogen-bond acceptors (Lipinski definition) is 5. The highest BCUT2D eigenvalue weighted by Gasteiger charge is 2.38. The van der Waals surface area contributed by atoms with Gasteiger partial charge in [0.15, 0.2) is 5.82 Å². The molecule has 0 spiro atoms. The van der Waals surface area contributed by atoms with Gasteiger partial charge < -0.3 is 10.8 Å². The van der Waals surface area contributed by atoms with Gasteiger partial charge in [-0.3, -0.25) is 0 Å². The Labute approximate surface area is 170 Å². The van der Waals surface area contributed by atoms with E-state index in [-0.39, 0.29) is 11.6 Å². The van der Waals surface area contributed by atoms with Gasteiger partial charge >= 0.3 is 6.18 Å². The molecule has 0 fully saturated rings. The summed E-state index contributed by atoms with van der Waals surface area (Å²) in [7, 11) is 0. The van der Waals surface area contributed by atoms with Crippen LogP contribution in [0.2, 0.25) is 0 Å². The molecule has 4 aromatic rings. The second kappa shape index (κ2) is 7.07. The summed E-state index contributed by atoms with van der Waals surface area (Å²) >= 11 is 0. The van der Waals surface area contributed by atoms with Crippen LogP contribution in [0.3, 0.4) is 0 Å². The first kappa shape index (κ1) is 19.8. The zero-order valence-electron chi connectivity index (χ0n) is 15.9. The lowest BCUT2D eigenvalue weighted by atomic mass is 9.85. The number of phenolic OH excluding ortho intramolecular Hbond substituents is 1. The first-order valence-electron chi connectivity index (χ1n) is 9.05. The highest BCUT2D eigenvalue weighted by Crippen LogP contribution is 2.36. The third-order valence-corrected chi connectivity index (χ3v) is 4.92. The minimum atomic E-state index is -4.47. The van der Waals surface area contributed by atoms with Gasteiger partial charge in [-0.15, -0.1) is 0 Å². The number of nitrogens with zero attached hydrogens (tertiary/aromatic N) is 3. The van der Waals surface area contributed by atoms with Crippen molar-refractivity contribution in [1.82, 2.24) is 15.0 Å². The van der Waals surface area contributed by atoms with Crippen molar-refractivity contribution in [1.29, 1.82) is 0 Å². The van der Waals surface area contributed by atoms with Gasteiger partial charge in [-0.05, 0) is 42.8 Å². The van der Waals surface area contributed by atoms with Gasteiger partial charge in [0, 0.05) is 17.3 Å². The fourth-order valence-electron chi connectivity index (χ4n) is 3.30. The molecule has 0 unspecified atom stereocenters. The van der Waals surface area contributed by atoms with Crippen molar-refractivity contribution in [3.8, 4) is 5.75 Å². The van der Waals surface area contributed by atoms with Crippen LogP contribution in [0.4, 0.5) is 13.2 Å². The molecule has 0 aliphatic carbocycles. The number of benzene rings is 2. The van der Waals surface area contributed by atoms with Gasteiger partial charge in [0.1, 0.15) is 16.8 Å². The lowest BCUT2D eigenvalue weighted by Crippen LogP contribution is -2.42. The Morgan fingerprint density at radius 1 is 0.867 bits per heavy atom. The summed E-state index contributed by atoms with van der Waals surface area (Å²) in [6, 6.07) is 14.6. The topological polar surface area (TPSA) is 84.9 Å². The third-order valence-electron chi connectivity index (χ3n) is 4.92.